The number of hydrogen-bond acceptors (Lipinski definition) is 3. The molecular weight excluding hydrogens is 230 g/mol. The first-order valence-electron chi connectivity index (χ1n) is 5.73. The summed E-state index contributed by atoms with van der Waals surface area (Å²) >= 11 is 0. The summed E-state index contributed by atoms with van der Waals surface area (Å²) in [6.07, 6.45) is 3.89. The van der Waals surface area contributed by atoms with Gasteiger partial charge in [0, 0.05) is 12.1 Å². The molecule has 0 aliphatic rings. The van der Waals surface area contributed by atoms with Gasteiger partial charge < -0.3 is 10.1 Å². The zero-order valence-electron chi connectivity index (χ0n) is 10.6. The van der Waals surface area contributed by atoms with Crippen molar-refractivity contribution < 1.29 is 14.3 Å². The van der Waals surface area contributed by atoms with E-state index in [1.165, 1.54) is 13.0 Å². The molecule has 0 atom stereocenters. The molecule has 1 rings (SSSR count). The maximum absolute atomic E-state index is 11.7. The number of rotatable bonds is 6. The van der Waals surface area contributed by atoms with E-state index in [-0.39, 0.29) is 11.7 Å². The van der Waals surface area contributed by atoms with E-state index in [1.807, 2.05) is 0 Å². The Balaban J connectivity index is 2.38. The molecule has 4 heteroatoms. The monoisotopic (exact) mass is 247 g/mol. The molecule has 1 N–H and O–H groups in total. The third-order valence-electron chi connectivity index (χ3n) is 2.30. The van der Waals surface area contributed by atoms with Crippen LogP contribution in [0.3, 0.4) is 0 Å². The first kappa shape index (κ1) is 14.0. The summed E-state index contributed by atoms with van der Waals surface area (Å²) in [5.41, 5.74) is 0.589. The van der Waals surface area contributed by atoms with Gasteiger partial charge in [-0.1, -0.05) is 6.08 Å². The number of carbonyl (C=O) groups is 2. The largest absolute Gasteiger partial charge is 0.497 e. The van der Waals surface area contributed by atoms with Gasteiger partial charge in [-0.3, -0.25) is 9.59 Å². The van der Waals surface area contributed by atoms with Crippen molar-refractivity contribution in [1.29, 1.82) is 0 Å². The van der Waals surface area contributed by atoms with Gasteiger partial charge in [0.15, 0.2) is 5.78 Å². The lowest BCUT2D eigenvalue weighted by atomic mass is 10.2. The smallest absolute Gasteiger partial charge is 0.251 e. The second-order valence-corrected chi connectivity index (χ2v) is 3.79. The topological polar surface area (TPSA) is 55.4 Å². The minimum Gasteiger partial charge on any atom is -0.497 e. The van der Waals surface area contributed by atoms with Gasteiger partial charge in [-0.05, 0) is 43.7 Å². The molecule has 0 heterocycles. The first-order chi connectivity index (χ1) is 8.63. The summed E-state index contributed by atoms with van der Waals surface area (Å²) in [6.45, 7) is 2.00. The summed E-state index contributed by atoms with van der Waals surface area (Å²) < 4.78 is 5.01. The quantitative estimate of drug-likeness (QED) is 0.617. The van der Waals surface area contributed by atoms with Crippen molar-refractivity contribution in [3.63, 3.8) is 0 Å². The van der Waals surface area contributed by atoms with Crippen LogP contribution in [-0.2, 0) is 4.79 Å². The van der Waals surface area contributed by atoms with E-state index < -0.39 is 0 Å². The number of carbonyl (C=O) groups excluding carboxylic acids is 2. The number of ether oxygens (including phenoxy) is 1. The minimum absolute atomic E-state index is 0.0106. The van der Waals surface area contributed by atoms with Crippen LogP contribution in [0.2, 0.25) is 0 Å². The van der Waals surface area contributed by atoms with E-state index in [0.29, 0.717) is 18.5 Å². The number of methoxy groups -OCH3 is 1. The van der Waals surface area contributed by atoms with Gasteiger partial charge >= 0.3 is 0 Å². The van der Waals surface area contributed by atoms with Gasteiger partial charge in [0.1, 0.15) is 5.75 Å². The van der Waals surface area contributed by atoms with Gasteiger partial charge in [-0.15, -0.1) is 0 Å². The lowest BCUT2D eigenvalue weighted by Gasteiger charge is -2.04. The molecule has 0 fully saturated rings. The van der Waals surface area contributed by atoms with Crippen LogP contribution in [0, 0.1) is 0 Å². The third-order valence-corrected chi connectivity index (χ3v) is 2.30. The zero-order chi connectivity index (χ0) is 13.4. The van der Waals surface area contributed by atoms with Crippen LogP contribution in [0.5, 0.6) is 5.75 Å². The maximum Gasteiger partial charge on any atom is 0.251 e. The Hall–Kier alpha value is -2.10. The molecule has 0 spiro atoms. The molecule has 0 unspecified atom stereocenters. The van der Waals surface area contributed by atoms with Crippen LogP contribution in [0.25, 0.3) is 0 Å². The van der Waals surface area contributed by atoms with Gasteiger partial charge in [-0.2, -0.15) is 0 Å². The van der Waals surface area contributed by atoms with E-state index in [0.717, 1.165) is 5.75 Å². The Bertz CT molecular complexity index is 435. The van der Waals surface area contributed by atoms with Gasteiger partial charge in [-0.25, -0.2) is 0 Å². The van der Waals surface area contributed by atoms with Crippen LogP contribution in [0.15, 0.2) is 36.4 Å². The van der Waals surface area contributed by atoms with Gasteiger partial charge in [0.2, 0.25) is 0 Å². The van der Waals surface area contributed by atoms with Crippen LogP contribution in [-0.4, -0.2) is 25.3 Å². The predicted molar refractivity (Wildman–Crippen MR) is 69.8 cm³/mol. The Morgan fingerprint density at radius 1 is 1.28 bits per heavy atom. The zero-order valence-corrected chi connectivity index (χ0v) is 10.6. The summed E-state index contributed by atoms with van der Waals surface area (Å²) in [5.74, 6) is 0.598. The van der Waals surface area contributed by atoms with Crippen molar-refractivity contribution >= 4 is 11.7 Å². The number of allylic oxidation sites excluding steroid dienone is 1. The lowest BCUT2D eigenvalue weighted by Crippen LogP contribution is -2.23. The number of ketones is 1. The molecule has 0 saturated heterocycles. The van der Waals surface area contributed by atoms with Crippen molar-refractivity contribution in [2.45, 2.75) is 13.3 Å². The fraction of sp³-hybridized carbons (Fsp3) is 0.286. The molecule has 96 valence electrons. The second kappa shape index (κ2) is 7.27. The molecule has 0 aromatic heterocycles. The van der Waals surface area contributed by atoms with Crippen molar-refractivity contribution in [1.82, 2.24) is 5.32 Å². The number of nitrogens with one attached hydrogen (secondary N) is 1. The third kappa shape index (κ3) is 4.82. The summed E-state index contributed by atoms with van der Waals surface area (Å²) in [7, 11) is 1.58. The lowest BCUT2D eigenvalue weighted by molar-refractivity contribution is -0.112. The number of amides is 1. The summed E-state index contributed by atoms with van der Waals surface area (Å²) in [5, 5.41) is 2.77. The standard InChI is InChI=1S/C14H17NO3/c1-11(16)5-3-4-10-15-14(17)12-6-8-13(18-2)9-7-12/h3,5-9H,4,10H2,1-2H3,(H,15,17). The molecule has 18 heavy (non-hydrogen) atoms. The maximum atomic E-state index is 11.7. The Morgan fingerprint density at radius 2 is 1.94 bits per heavy atom. The Labute approximate surface area is 107 Å². The van der Waals surface area contributed by atoms with E-state index in [1.54, 1.807) is 37.5 Å². The van der Waals surface area contributed by atoms with Crippen LogP contribution in [0.4, 0.5) is 0 Å². The average molecular weight is 247 g/mol. The molecule has 0 saturated carbocycles. The second-order valence-electron chi connectivity index (χ2n) is 3.79. The van der Waals surface area contributed by atoms with Gasteiger partial charge in [0.05, 0.1) is 7.11 Å². The van der Waals surface area contributed by atoms with Crippen molar-refractivity contribution in [3.8, 4) is 5.75 Å². The predicted octanol–water partition coefficient (Wildman–Crippen LogP) is 1.96. The first-order valence-corrected chi connectivity index (χ1v) is 5.73. The van der Waals surface area contributed by atoms with E-state index in [9.17, 15) is 9.59 Å². The highest BCUT2D eigenvalue weighted by molar-refractivity contribution is 5.94. The minimum atomic E-state index is -0.131. The van der Waals surface area contributed by atoms with E-state index in [4.69, 9.17) is 4.74 Å². The molecule has 1 aromatic carbocycles. The van der Waals surface area contributed by atoms with Crippen molar-refractivity contribution in [2.75, 3.05) is 13.7 Å². The number of hydrogen-bond donors (Lipinski definition) is 1. The molecular formula is C14H17NO3. The van der Waals surface area contributed by atoms with Gasteiger partial charge in [0.25, 0.3) is 5.91 Å². The molecule has 1 amide bonds. The Morgan fingerprint density at radius 3 is 2.50 bits per heavy atom. The highest BCUT2D eigenvalue weighted by Gasteiger charge is 2.03. The van der Waals surface area contributed by atoms with Crippen LogP contribution < -0.4 is 10.1 Å². The van der Waals surface area contributed by atoms with Crippen LogP contribution >= 0.6 is 0 Å². The average Bonchev–Trinajstić information content (AvgIpc) is 2.38. The Kier molecular flexibility index (Phi) is 5.64. The summed E-state index contributed by atoms with van der Waals surface area (Å²) in [6, 6.07) is 6.90. The normalized spacial score (nSPS) is 10.3. The molecule has 0 radical (unpaired) electrons. The molecule has 4 nitrogen and oxygen atoms in total. The van der Waals surface area contributed by atoms with E-state index in [2.05, 4.69) is 5.32 Å². The fourth-order valence-corrected chi connectivity index (χ4v) is 1.36. The van der Waals surface area contributed by atoms with Crippen LogP contribution in [0.1, 0.15) is 23.7 Å². The van der Waals surface area contributed by atoms with E-state index >= 15 is 0 Å². The molecule has 1 aromatic rings. The van der Waals surface area contributed by atoms with Crippen molar-refractivity contribution in [3.05, 3.63) is 42.0 Å². The SMILES string of the molecule is COc1ccc(C(=O)NCCC=CC(C)=O)cc1. The molecule has 0 aliphatic heterocycles. The summed E-state index contributed by atoms with van der Waals surface area (Å²) in [4.78, 5) is 22.3. The fourth-order valence-electron chi connectivity index (χ4n) is 1.36. The highest BCUT2D eigenvalue weighted by atomic mass is 16.5. The highest BCUT2D eigenvalue weighted by Crippen LogP contribution is 2.10. The van der Waals surface area contributed by atoms with Crippen molar-refractivity contribution in [2.24, 2.45) is 0 Å². The number of benzene rings is 1. The molecule has 0 aliphatic carbocycles. The molecule has 0 bridgehead atoms.